The summed E-state index contributed by atoms with van der Waals surface area (Å²) in [6.07, 6.45) is 6.61. The average molecular weight is 433 g/mol. The molecule has 2 aromatic rings. The van der Waals surface area contributed by atoms with Gasteiger partial charge < -0.3 is 10.1 Å². The summed E-state index contributed by atoms with van der Waals surface area (Å²) in [4.78, 5) is 12.5. The van der Waals surface area contributed by atoms with Gasteiger partial charge in [0.1, 0.15) is 5.82 Å². The number of hydrogen-bond acceptors (Lipinski definition) is 5. The molecule has 0 radical (unpaired) electrons. The van der Waals surface area contributed by atoms with Gasteiger partial charge in [-0.3, -0.25) is 9.36 Å². The Labute approximate surface area is 181 Å². The quantitative estimate of drug-likeness (QED) is 0.669. The second-order valence-corrected chi connectivity index (χ2v) is 9.31. The molecular formula is C22H29FN4O2S. The lowest BCUT2D eigenvalue weighted by atomic mass is 9.87. The highest BCUT2D eigenvalue weighted by Gasteiger charge is 2.23. The van der Waals surface area contributed by atoms with Gasteiger partial charge in [0.25, 0.3) is 0 Å². The number of amides is 1. The third kappa shape index (κ3) is 5.40. The van der Waals surface area contributed by atoms with E-state index in [-0.39, 0.29) is 23.9 Å². The highest BCUT2D eigenvalue weighted by molar-refractivity contribution is 7.99. The third-order valence-electron chi connectivity index (χ3n) is 5.94. The fraction of sp³-hybridized carbons (Fsp3) is 0.591. The van der Waals surface area contributed by atoms with Crippen molar-refractivity contribution in [1.82, 2.24) is 20.1 Å². The number of nitrogens with zero attached hydrogens (tertiary/aromatic N) is 3. The van der Waals surface area contributed by atoms with Crippen molar-refractivity contribution >= 4 is 17.7 Å². The van der Waals surface area contributed by atoms with Crippen LogP contribution in [0.15, 0.2) is 29.4 Å². The molecule has 1 saturated carbocycles. The molecule has 1 N–H and O–H groups in total. The Morgan fingerprint density at radius 3 is 2.67 bits per heavy atom. The molecule has 1 saturated heterocycles. The Morgan fingerprint density at radius 2 is 1.97 bits per heavy atom. The number of hydrogen-bond donors (Lipinski definition) is 1. The van der Waals surface area contributed by atoms with Gasteiger partial charge in [0, 0.05) is 18.2 Å². The van der Waals surface area contributed by atoms with E-state index in [0.29, 0.717) is 23.3 Å². The second-order valence-electron chi connectivity index (χ2n) is 8.37. The minimum atomic E-state index is -0.285. The molecule has 2 aliphatic rings. The second kappa shape index (κ2) is 9.92. The van der Waals surface area contributed by atoms with Gasteiger partial charge in [-0.15, -0.1) is 10.2 Å². The average Bonchev–Trinajstić information content (AvgIpc) is 3.39. The number of carbonyl (C=O) groups is 1. The van der Waals surface area contributed by atoms with Crippen LogP contribution in [0.4, 0.5) is 4.39 Å². The van der Waals surface area contributed by atoms with Gasteiger partial charge in [-0.1, -0.05) is 18.7 Å². The molecular weight excluding hydrogens is 403 g/mol. The Balaban J connectivity index is 1.43. The summed E-state index contributed by atoms with van der Waals surface area (Å²) in [6.45, 7) is 3.67. The molecule has 2 heterocycles. The van der Waals surface area contributed by atoms with Gasteiger partial charge in [0.2, 0.25) is 5.91 Å². The molecule has 1 aliphatic heterocycles. The minimum absolute atomic E-state index is 0.0366. The summed E-state index contributed by atoms with van der Waals surface area (Å²) >= 11 is 1.39. The fourth-order valence-electron chi connectivity index (χ4n) is 4.17. The SMILES string of the molecule is CC1CCC(NC(=O)CSc2nnc(-c3ccc(F)cc3)n2CC2CCCO2)CC1. The summed E-state index contributed by atoms with van der Waals surface area (Å²) in [5.41, 5.74) is 0.800. The van der Waals surface area contributed by atoms with Crippen molar-refractivity contribution in [2.45, 2.75) is 69.3 Å². The molecule has 1 amide bonds. The number of nitrogens with one attached hydrogen (secondary N) is 1. The predicted octanol–water partition coefficient (Wildman–Crippen LogP) is 4.05. The molecule has 2 fully saturated rings. The van der Waals surface area contributed by atoms with Crippen molar-refractivity contribution in [1.29, 1.82) is 0 Å². The minimum Gasteiger partial charge on any atom is -0.376 e. The number of rotatable bonds is 7. The normalized spacial score (nSPS) is 24.1. The number of benzene rings is 1. The molecule has 162 valence electrons. The molecule has 30 heavy (non-hydrogen) atoms. The number of aromatic nitrogens is 3. The first-order chi connectivity index (χ1) is 14.6. The number of carbonyl (C=O) groups excluding carboxylic acids is 1. The van der Waals surface area contributed by atoms with Crippen LogP contribution in [0.1, 0.15) is 45.4 Å². The maximum Gasteiger partial charge on any atom is 0.230 e. The van der Waals surface area contributed by atoms with E-state index in [1.165, 1.54) is 36.7 Å². The predicted molar refractivity (Wildman–Crippen MR) is 115 cm³/mol. The molecule has 0 bridgehead atoms. The van der Waals surface area contributed by atoms with Crippen LogP contribution < -0.4 is 5.32 Å². The van der Waals surface area contributed by atoms with Crippen LogP contribution in [0.25, 0.3) is 11.4 Å². The van der Waals surface area contributed by atoms with E-state index in [2.05, 4.69) is 22.4 Å². The van der Waals surface area contributed by atoms with Crippen molar-refractivity contribution in [2.24, 2.45) is 5.92 Å². The highest BCUT2D eigenvalue weighted by atomic mass is 32.2. The van der Waals surface area contributed by atoms with Crippen molar-refractivity contribution in [3.63, 3.8) is 0 Å². The van der Waals surface area contributed by atoms with Crippen molar-refractivity contribution in [3.8, 4) is 11.4 Å². The van der Waals surface area contributed by atoms with Crippen LogP contribution in [0.2, 0.25) is 0 Å². The Kier molecular flexibility index (Phi) is 7.04. The van der Waals surface area contributed by atoms with E-state index in [1.807, 2.05) is 4.57 Å². The Morgan fingerprint density at radius 1 is 1.20 bits per heavy atom. The van der Waals surface area contributed by atoms with Gasteiger partial charge in [0.05, 0.1) is 18.4 Å². The summed E-state index contributed by atoms with van der Waals surface area (Å²) in [6, 6.07) is 6.54. The largest absolute Gasteiger partial charge is 0.376 e. The first kappa shape index (κ1) is 21.3. The monoisotopic (exact) mass is 432 g/mol. The zero-order chi connectivity index (χ0) is 20.9. The Hall–Kier alpha value is -1.93. The van der Waals surface area contributed by atoms with Crippen LogP contribution in [0.5, 0.6) is 0 Å². The van der Waals surface area contributed by atoms with E-state index in [1.54, 1.807) is 12.1 Å². The molecule has 1 aromatic heterocycles. The van der Waals surface area contributed by atoms with Gasteiger partial charge in [0.15, 0.2) is 11.0 Å². The summed E-state index contributed by atoms with van der Waals surface area (Å²) in [5.74, 6) is 1.49. The number of halogens is 1. The van der Waals surface area contributed by atoms with Crippen molar-refractivity contribution < 1.29 is 13.9 Å². The van der Waals surface area contributed by atoms with Crippen LogP contribution in [-0.2, 0) is 16.1 Å². The zero-order valence-electron chi connectivity index (χ0n) is 17.3. The van der Waals surface area contributed by atoms with Gasteiger partial charge in [-0.05, 0) is 68.7 Å². The zero-order valence-corrected chi connectivity index (χ0v) is 18.2. The molecule has 1 atom stereocenters. The van der Waals surface area contributed by atoms with Crippen LogP contribution in [0, 0.1) is 11.7 Å². The number of ether oxygens (including phenoxy) is 1. The van der Waals surface area contributed by atoms with E-state index in [4.69, 9.17) is 4.74 Å². The molecule has 1 aliphatic carbocycles. The van der Waals surface area contributed by atoms with Crippen molar-refractivity contribution in [2.75, 3.05) is 12.4 Å². The first-order valence-corrected chi connectivity index (χ1v) is 11.8. The maximum atomic E-state index is 13.3. The number of thioether (sulfide) groups is 1. The third-order valence-corrected chi connectivity index (χ3v) is 6.91. The van der Waals surface area contributed by atoms with Gasteiger partial charge in [-0.25, -0.2) is 4.39 Å². The van der Waals surface area contributed by atoms with Crippen LogP contribution in [-0.4, -0.2) is 45.2 Å². The highest BCUT2D eigenvalue weighted by Crippen LogP contribution is 2.27. The lowest BCUT2D eigenvalue weighted by Crippen LogP contribution is -2.38. The molecule has 1 unspecified atom stereocenters. The van der Waals surface area contributed by atoms with Crippen LogP contribution >= 0.6 is 11.8 Å². The maximum absolute atomic E-state index is 13.3. The Bertz CT molecular complexity index is 843. The lowest BCUT2D eigenvalue weighted by Gasteiger charge is -2.26. The molecule has 0 spiro atoms. The topological polar surface area (TPSA) is 69.0 Å². The van der Waals surface area contributed by atoms with E-state index in [9.17, 15) is 9.18 Å². The van der Waals surface area contributed by atoms with E-state index >= 15 is 0 Å². The van der Waals surface area contributed by atoms with E-state index < -0.39 is 0 Å². The molecule has 6 nitrogen and oxygen atoms in total. The smallest absolute Gasteiger partial charge is 0.230 e. The molecule has 8 heteroatoms. The van der Waals surface area contributed by atoms with Gasteiger partial charge in [-0.2, -0.15) is 0 Å². The van der Waals surface area contributed by atoms with Gasteiger partial charge >= 0.3 is 0 Å². The fourth-order valence-corrected chi connectivity index (χ4v) is 4.93. The summed E-state index contributed by atoms with van der Waals surface area (Å²) in [5, 5.41) is 12.5. The summed E-state index contributed by atoms with van der Waals surface area (Å²) in [7, 11) is 0. The first-order valence-electron chi connectivity index (χ1n) is 10.8. The van der Waals surface area contributed by atoms with Crippen LogP contribution in [0.3, 0.4) is 0 Å². The standard InChI is InChI=1S/C22H29FN4O2S/c1-15-4-10-18(11-5-15)24-20(28)14-30-22-26-25-21(16-6-8-17(23)9-7-16)27(22)13-19-3-2-12-29-19/h6-9,15,18-19H,2-5,10-14H2,1H3,(H,24,28). The molecule has 4 rings (SSSR count). The summed E-state index contributed by atoms with van der Waals surface area (Å²) < 4.78 is 21.2. The lowest BCUT2D eigenvalue weighted by molar-refractivity contribution is -0.119. The van der Waals surface area contributed by atoms with E-state index in [0.717, 1.165) is 43.8 Å². The van der Waals surface area contributed by atoms with Crippen molar-refractivity contribution in [3.05, 3.63) is 30.1 Å². The molecule has 1 aromatic carbocycles.